The molecule has 16 heavy (non-hydrogen) atoms. The van der Waals surface area contributed by atoms with Crippen LogP contribution in [0.3, 0.4) is 0 Å². The zero-order chi connectivity index (χ0) is 11.5. The van der Waals surface area contributed by atoms with Crippen LogP contribution in [0.25, 0.3) is 0 Å². The average molecular weight is 218 g/mol. The SMILES string of the molecule is CC1CC(c2ccccc2)CCN1C(N)=O. The number of rotatable bonds is 1. The van der Waals surface area contributed by atoms with Gasteiger partial charge in [-0.25, -0.2) is 4.79 Å². The normalized spacial score (nSPS) is 25.4. The number of carbonyl (C=O) groups is 1. The van der Waals surface area contributed by atoms with E-state index in [1.807, 2.05) is 6.07 Å². The quantitative estimate of drug-likeness (QED) is 0.772. The summed E-state index contributed by atoms with van der Waals surface area (Å²) in [6.45, 7) is 2.84. The molecule has 0 radical (unpaired) electrons. The molecule has 1 fully saturated rings. The molecule has 0 bridgehead atoms. The van der Waals surface area contributed by atoms with Gasteiger partial charge in [-0.1, -0.05) is 30.3 Å². The maximum Gasteiger partial charge on any atom is 0.315 e. The zero-order valence-corrected chi connectivity index (χ0v) is 9.60. The molecule has 1 aromatic carbocycles. The molecule has 0 saturated carbocycles. The molecule has 1 aliphatic heterocycles. The summed E-state index contributed by atoms with van der Waals surface area (Å²) >= 11 is 0. The number of primary amides is 1. The molecule has 1 aliphatic rings. The molecule has 0 aliphatic carbocycles. The Labute approximate surface area is 96.2 Å². The fraction of sp³-hybridized carbons (Fsp3) is 0.462. The zero-order valence-electron chi connectivity index (χ0n) is 9.60. The lowest BCUT2D eigenvalue weighted by Gasteiger charge is -2.36. The molecule has 2 rings (SSSR count). The van der Waals surface area contributed by atoms with Gasteiger partial charge in [0.15, 0.2) is 0 Å². The number of hydrogen-bond acceptors (Lipinski definition) is 1. The Balaban J connectivity index is 2.05. The standard InChI is InChI=1S/C13H18N2O/c1-10-9-12(7-8-15(10)13(14)16)11-5-3-2-4-6-11/h2-6,10,12H,7-9H2,1H3,(H2,14,16). The van der Waals surface area contributed by atoms with E-state index in [2.05, 4.69) is 31.2 Å². The minimum Gasteiger partial charge on any atom is -0.351 e. The maximum absolute atomic E-state index is 11.2. The summed E-state index contributed by atoms with van der Waals surface area (Å²) in [6.07, 6.45) is 2.02. The molecule has 2 N–H and O–H groups in total. The average Bonchev–Trinajstić information content (AvgIpc) is 2.29. The highest BCUT2D eigenvalue weighted by atomic mass is 16.2. The van der Waals surface area contributed by atoms with Crippen molar-refractivity contribution in [1.29, 1.82) is 0 Å². The van der Waals surface area contributed by atoms with Crippen LogP contribution in [0.4, 0.5) is 4.79 Å². The van der Waals surface area contributed by atoms with Crippen molar-refractivity contribution in [1.82, 2.24) is 4.90 Å². The van der Waals surface area contributed by atoms with Gasteiger partial charge >= 0.3 is 6.03 Å². The highest BCUT2D eigenvalue weighted by molar-refractivity contribution is 5.72. The van der Waals surface area contributed by atoms with Gasteiger partial charge in [0, 0.05) is 12.6 Å². The molecule has 1 aromatic rings. The van der Waals surface area contributed by atoms with Gasteiger partial charge in [-0.3, -0.25) is 0 Å². The smallest absolute Gasteiger partial charge is 0.315 e. The second kappa shape index (κ2) is 4.56. The van der Waals surface area contributed by atoms with Crippen LogP contribution < -0.4 is 5.73 Å². The molecule has 2 atom stereocenters. The van der Waals surface area contributed by atoms with E-state index in [4.69, 9.17) is 5.73 Å². The lowest BCUT2D eigenvalue weighted by atomic mass is 9.86. The molecular weight excluding hydrogens is 200 g/mol. The molecule has 2 unspecified atom stereocenters. The van der Waals surface area contributed by atoms with Crippen LogP contribution in [0, 0.1) is 0 Å². The third-order valence-electron chi connectivity index (χ3n) is 3.43. The van der Waals surface area contributed by atoms with Crippen molar-refractivity contribution in [2.75, 3.05) is 6.54 Å². The van der Waals surface area contributed by atoms with Crippen LogP contribution >= 0.6 is 0 Å². The Kier molecular flexibility index (Phi) is 3.13. The molecular formula is C13H18N2O. The van der Waals surface area contributed by atoms with Gasteiger partial charge in [-0.2, -0.15) is 0 Å². The van der Waals surface area contributed by atoms with Gasteiger partial charge in [0.25, 0.3) is 0 Å². The van der Waals surface area contributed by atoms with Gasteiger partial charge in [0.2, 0.25) is 0 Å². The number of nitrogens with zero attached hydrogens (tertiary/aromatic N) is 1. The molecule has 1 heterocycles. The third-order valence-corrected chi connectivity index (χ3v) is 3.43. The van der Waals surface area contributed by atoms with E-state index in [9.17, 15) is 4.79 Å². The highest BCUT2D eigenvalue weighted by Crippen LogP contribution is 2.30. The summed E-state index contributed by atoms with van der Waals surface area (Å²) in [5, 5.41) is 0. The number of amides is 2. The Morgan fingerprint density at radius 1 is 1.38 bits per heavy atom. The number of benzene rings is 1. The molecule has 86 valence electrons. The first-order chi connectivity index (χ1) is 7.68. The van der Waals surface area contributed by atoms with Crippen molar-refractivity contribution in [2.24, 2.45) is 5.73 Å². The van der Waals surface area contributed by atoms with Crippen LogP contribution in [0.1, 0.15) is 31.2 Å². The topological polar surface area (TPSA) is 46.3 Å². The predicted octanol–water partition coefficient (Wildman–Crippen LogP) is 2.33. The van der Waals surface area contributed by atoms with E-state index < -0.39 is 0 Å². The van der Waals surface area contributed by atoms with E-state index in [-0.39, 0.29) is 12.1 Å². The van der Waals surface area contributed by atoms with Crippen LogP contribution in [-0.2, 0) is 0 Å². The van der Waals surface area contributed by atoms with Gasteiger partial charge in [-0.15, -0.1) is 0 Å². The number of urea groups is 1. The Bertz CT molecular complexity index is 363. The van der Waals surface area contributed by atoms with Crippen LogP contribution in [-0.4, -0.2) is 23.5 Å². The number of likely N-dealkylation sites (tertiary alicyclic amines) is 1. The molecule has 3 heteroatoms. The minimum absolute atomic E-state index is 0.247. The minimum atomic E-state index is -0.293. The Hall–Kier alpha value is -1.51. The molecule has 2 amide bonds. The molecule has 3 nitrogen and oxygen atoms in total. The third kappa shape index (κ3) is 2.18. The van der Waals surface area contributed by atoms with Crippen molar-refractivity contribution in [2.45, 2.75) is 31.7 Å². The largest absolute Gasteiger partial charge is 0.351 e. The van der Waals surface area contributed by atoms with Crippen molar-refractivity contribution in [3.8, 4) is 0 Å². The predicted molar refractivity (Wildman–Crippen MR) is 64.2 cm³/mol. The molecule has 0 spiro atoms. The highest BCUT2D eigenvalue weighted by Gasteiger charge is 2.27. The first-order valence-corrected chi connectivity index (χ1v) is 5.79. The van der Waals surface area contributed by atoms with Gasteiger partial charge < -0.3 is 10.6 Å². The van der Waals surface area contributed by atoms with Crippen LogP contribution in [0.15, 0.2) is 30.3 Å². The molecule has 0 aromatic heterocycles. The number of nitrogens with two attached hydrogens (primary N) is 1. The number of piperidine rings is 1. The maximum atomic E-state index is 11.2. The second-order valence-corrected chi connectivity index (χ2v) is 4.51. The van der Waals surface area contributed by atoms with Crippen LogP contribution in [0.2, 0.25) is 0 Å². The Morgan fingerprint density at radius 3 is 2.62 bits per heavy atom. The van der Waals surface area contributed by atoms with E-state index in [1.54, 1.807) is 4.90 Å². The number of carbonyl (C=O) groups excluding carboxylic acids is 1. The fourth-order valence-electron chi connectivity index (χ4n) is 2.53. The van der Waals surface area contributed by atoms with E-state index >= 15 is 0 Å². The van der Waals surface area contributed by atoms with Crippen molar-refractivity contribution < 1.29 is 4.79 Å². The summed E-state index contributed by atoms with van der Waals surface area (Å²) in [5.41, 5.74) is 6.70. The van der Waals surface area contributed by atoms with Crippen molar-refractivity contribution in [3.05, 3.63) is 35.9 Å². The summed E-state index contributed by atoms with van der Waals surface area (Å²) in [6, 6.07) is 10.5. The lowest BCUT2D eigenvalue weighted by molar-refractivity contribution is 0.158. The van der Waals surface area contributed by atoms with E-state index in [1.165, 1.54) is 5.56 Å². The van der Waals surface area contributed by atoms with Gasteiger partial charge in [0.05, 0.1) is 0 Å². The Morgan fingerprint density at radius 2 is 2.06 bits per heavy atom. The van der Waals surface area contributed by atoms with E-state index in [0.29, 0.717) is 5.92 Å². The van der Waals surface area contributed by atoms with Crippen molar-refractivity contribution >= 4 is 6.03 Å². The summed E-state index contributed by atoms with van der Waals surface area (Å²) < 4.78 is 0. The van der Waals surface area contributed by atoms with Crippen molar-refractivity contribution in [3.63, 3.8) is 0 Å². The summed E-state index contributed by atoms with van der Waals surface area (Å²) in [4.78, 5) is 12.9. The van der Waals surface area contributed by atoms with Gasteiger partial charge in [0.1, 0.15) is 0 Å². The first kappa shape index (κ1) is 11.0. The summed E-state index contributed by atoms with van der Waals surface area (Å²) in [5.74, 6) is 0.562. The lowest BCUT2D eigenvalue weighted by Crippen LogP contribution is -2.46. The summed E-state index contributed by atoms with van der Waals surface area (Å²) in [7, 11) is 0. The van der Waals surface area contributed by atoms with E-state index in [0.717, 1.165) is 19.4 Å². The molecule has 1 saturated heterocycles. The van der Waals surface area contributed by atoms with Crippen LogP contribution in [0.5, 0.6) is 0 Å². The number of hydrogen-bond donors (Lipinski definition) is 1. The van der Waals surface area contributed by atoms with Gasteiger partial charge in [-0.05, 0) is 31.2 Å². The fourth-order valence-corrected chi connectivity index (χ4v) is 2.53. The monoisotopic (exact) mass is 218 g/mol. The first-order valence-electron chi connectivity index (χ1n) is 5.79. The second-order valence-electron chi connectivity index (χ2n) is 4.51.